The molecule has 1 aliphatic rings. The molecule has 1 aromatic heterocycles. The number of sulfonamides is 1. The Hall–Kier alpha value is -2.23. The predicted octanol–water partition coefficient (Wildman–Crippen LogP) is 0.295. The van der Waals surface area contributed by atoms with Gasteiger partial charge < -0.3 is 14.1 Å². The molecular formula is C17H20FN2O5S+. The fourth-order valence-corrected chi connectivity index (χ4v) is 4.40. The molecule has 3 rings (SSSR count). The van der Waals surface area contributed by atoms with Gasteiger partial charge in [-0.2, -0.15) is 4.31 Å². The van der Waals surface area contributed by atoms with E-state index in [4.69, 9.17) is 4.42 Å². The second-order valence-electron chi connectivity index (χ2n) is 6.05. The number of furan rings is 1. The molecule has 0 atom stereocenters. The van der Waals surface area contributed by atoms with Crippen molar-refractivity contribution in [1.82, 2.24) is 4.31 Å². The molecule has 140 valence electrons. The zero-order valence-electron chi connectivity index (χ0n) is 14.3. The van der Waals surface area contributed by atoms with E-state index in [9.17, 15) is 17.6 Å². The van der Waals surface area contributed by atoms with Crippen molar-refractivity contribution < 1.29 is 31.7 Å². The maximum atomic E-state index is 13.3. The van der Waals surface area contributed by atoms with Crippen LogP contribution in [0.5, 0.6) is 0 Å². The summed E-state index contributed by atoms with van der Waals surface area (Å²) in [5, 5.41) is 0. The molecule has 1 aromatic carbocycles. The van der Waals surface area contributed by atoms with Crippen LogP contribution in [-0.4, -0.2) is 52.0 Å². The van der Waals surface area contributed by atoms with Crippen LogP contribution in [0, 0.1) is 5.82 Å². The van der Waals surface area contributed by atoms with E-state index in [0.717, 1.165) is 11.0 Å². The molecule has 1 fully saturated rings. The van der Waals surface area contributed by atoms with Gasteiger partial charge in [0.25, 0.3) is 0 Å². The maximum absolute atomic E-state index is 13.3. The molecule has 0 radical (unpaired) electrons. The number of ether oxygens (including phenoxy) is 1. The minimum absolute atomic E-state index is 0.0327. The van der Waals surface area contributed by atoms with Crippen LogP contribution in [0.1, 0.15) is 16.3 Å². The van der Waals surface area contributed by atoms with Crippen molar-refractivity contribution in [3.05, 3.63) is 53.7 Å². The quantitative estimate of drug-likeness (QED) is 0.751. The Bertz CT molecular complexity index is 888. The van der Waals surface area contributed by atoms with Crippen molar-refractivity contribution in [1.29, 1.82) is 0 Å². The first-order chi connectivity index (χ1) is 12.4. The topological polar surface area (TPSA) is 81.3 Å². The number of rotatable bonds is 5. The van der Waals surface area contributed by atoms with E-state index in [1.54, 1.807) is 12.1 Å². The van der Waals surface area contributed by atoms with Crippen LogP contribution in [0.3, 0.4) is 0 Å². The summed E-state index contributed by atoms with van der Waals surface area (Å²) >= 11 is 0. The first kappa shape index (κ1) is 18.6. The van der Waals surface area contributed by atoms with Gasteiger partial charge in [-0.25, -0.2) is 17.6 Å². The van der Waals surface area contributed by atoms with Gasteiger partial charge in [0, 0.05) is 0 Å². The van der Waals surface area contributed by atoms with Crippen LogP contribution in [0.4, 0.5) is 4.39 Å². The molecule has 2 aromatic rings. The van der Waals surface area contributed by atoms with E-state index in [1.807, 2.05) is 0 Å². The second kappa shape index (κ2) is 7.56. The van der Waals surface area contributed by atoms with Crippen LogP contribution in [-0.2, 0) is 21.3 Å². The Balaban J connectivity index is 1.60. The first-order valence-electron chi connectivity index (χ1n) is 8.16. The Kier molecular flexibility index (Phi) is 5.40. The molecule has 1 aliphatic heterocycles. The predicted molar refractivity (Wildman–Crippen MR) is 89.6 cm³/mol. The van der Waals surface area contributed by atoms with E-state index < -0.39 is 21.8 Å². The van der Waals surface area contributed by atoms with Crippen LogP contribution >= 0.6 is 0 Å². The van der Waals surface area contributed by atoms with E-state index >= 15 is 0 Å². The van der Waals surface area contributed by atoms with Gasteiger partial charge in [0.2, 0.25) is 15.8 Å². The van der Waals surface area contributed by atoms with E-state index in [0.29, 0.717) is 38.5 Å². The van der Waals surface area contributed by atoms with Crippen molar-refractivity contribution in [3.63, 3.8) is 0 Å². The summed E-state index contributed by atoms with van der Waals surface area (Å²) in [5.74, 6) is -0.317. The first-order valence-corrected chi connectivity index (χ1v) is 9.60. The van der Waals surface area contributed by atoms with Crippen molar-refractivity contribution in [3.8, 4) is 0 Å². The number of hydrogen-bond donors (Lipinski definition) is 1. The summed E-state index contributed by atoms with van der Waals surface area (Å²) in [6, 6.07) is 8.31. The number of nitrogens with zero attached hydrogens (tertiary/aromatic N) is 1. The SMILES string of the molecule is COC(=O)c1ccc(C[NH+]2CCN(S(=O)(=O)c3cccc(F)c3)CC2)o1. The van der Waals surface area contributed by atoms with E-state index in [-0.39, 0.29) is 10.7 Å². The Morgan fingerprint density at radius 3 is 2.65 bits per heavy atom. The number of esters is 1. The molecule has 0 bridgehead atoms. The van der Waals surface area contributed by atoms with Crippen LogP contribution in [0.25, 0.3) is 0 Å². The van der Waals surface area contributed by atoms with Crippen molar-refractivity contribution in [2.24, 2.45) is 0 Å². The Morgan fingerprint density at radius 2 is 2.00 bits per heavy atom. The Morgan fingerprint density at radius 1 is 1.27 bits per heavy atom. The number of nitrogens with one attached hydrogen (secondary N) is 1. The highest BCUT2D eigenvalue weighted by atomic mass is 32.2. The summed E-state index contributed by atoms with van der Waals surface area (Å²) in [4.78, 5) is 12.5. The van der Waals surface area contributed by atoms with Crippen molar-refractivity contribution >= 4 is 16.0 Å². The van der Waals surface area contributed by atoms with Gasteiger partial charge in [-0.1, -0.05) is 6.07 Å². The summed E-state index contributed by atoms with van der Waals surface area (Å²) in [5.41, 5.74) is 0. The van der Waals surface area contributed by atoms with Crippen molar-refractivity contribution in [2.45, 2.75) is 11.4 Å². The van der Waals surface area contributed by atoms with Gasteiger partial charge in [0.15, 0.2) is 5.76 Å². The van der Waals surface area contributed by atoms with Gasteiger partial charge in [-0.05, 0) is 30.3 Å². The molecule has 0 saturated carbocycles. The third-order valence-electron chi connectivity index (χ3n) is 4.34. The molecule has 1 saturated heterocycles. The molecular weight excluding hydrogens is 363 g/mol. The fourth-order valence-electron chi connectivity index (χ4n) is 2.93. The average molecular weight is 383 g/mol. The number of carbonyl (C=O) groups is 1. The number of methoxy groups -OCH3 is 1. The van der Waals surface area contributed by atoms with Crippen LogP contribution in [0.2, 0.25) is 0 Å². The van der Waals surface area contributed by atoms with Gasteiger partial charge in [0.05, 0.1) is 38.2 Å². The highest BCUT2D eigenvalue weighted by Gasteiger charge is 2.31. The second-order valence-corrected chi connectivity index (χ2v) is 7.98. The zero-order valence-corrected chi connectivity index (χ0v) is 15.1. The van der Waals surface area contributed by atoms with Crippen LogP contribution in [0.15, 0.2) is 45.7 Å². The number of quaternary nitrogens is 1. The molecule has 1 N–H and O–H groups in total. The smallest absolute Gasteiger partial charge is 0.373 e. The number of hydrogen-bond acceptors (Lipinski definition) is 5. The lowest BCUT2D eigenvalue weighted by Crippen LogP contribution is -3.13. The standard InChI is InChI=1S/C17H19FN2O5S/c1-24-17(21)16-6-5-14(25-16)12-19-7-9-20(10-8-19)26(22,23)15-4-2-3-13(18)11-15/h2-6,11H,7-10,12H2,1H3/p+1. The monoisotopic (exact) mass is 383 g/mol. The molecule has 0 spiro atoms. The Labute approximate surface area is 151 Å². The summed E-state index contributed by atoms with van der Waals surface area (Å²) in [7, 11) is -2.41. The molecule has 0 amide bonds. The maximum Gasteiger partial charge on any atom is 0.373 e. The zero-order chi connectivity index (χ0) is 18.7. The number of halogens is 1. The normalized spacial score (nSPS) is 16.5. The van der Waals surface area contributed by atoms with E-state index in [2.05, 4.69) is 4.74 Å². The molecule has 0 aliphatic carbocycles. The highest BCUT2D eigenvalue weighted by Crippen LogP contribution is 2.16. The number of carbonyl (C=O) groups excluding carboxylic acids is 1. The lowest BCUT2D eigenvalue weighted by Gasteiger charge is -2.31. The minimum Gasteiger partial charge on any atom is -0.463 e. The summed E-state index contributed by atoms with van der Waals surface area (Å²) in [6.45, 7) is 2.38. The minimum atomic E-state index is -3.70. The summed E-state index contributed by atoms with van der Waals surface area (Å²) < 4.78 is 49.9. The van der Waals surface area contributed by atoms with Gasteiger partial charge >= 0.3 is 5.97 Å². The lowest BCUT2D eigenvalue weighted by molar-refractivity contribution is -0.918. The molecule has 2 heterocycles. The lowest BCUT2D eigenvalue weighted by atomic mass is 10.3. The van der Waals surface area contributed by atoms with Gasteiger partial charge in [-0.3, -0.25) is 0 Å². The third-order valence-corrected chi connectivity index (χ3v) is 6.23. The molecule has 7 nitrogen and oxygen atoms in total. The largest absolute Gasteiger partial charge is 0.463 e. The third kappa shape index (κ3) is 3.95. The number of benzene rings is 1. The summed E-state index contributed by atoms with van der Waals surface area (Å²) in [6.07, 6.45) is 0. The molecule has 9 heteroatoms. The number of piperazine rings is 1. The van der Waals surface area contributed by atoms with Crippen molar-refractivity contribution in [2.75, 3.05) is 33.3 Å². The van der Waals surface area contributed by atoms with Gasteiger partial charge in [-0.15, -0.1) is 0 Å². The van der Waals surface area contributed by atoms with Crippen LogP contribution < -0.4 is 4.90 Å². The van der Waals surface area contributed by atoms with E-state index in [1.165, 1.54) is 29.6 Å². The molecule has 26 heavy (non-hydrogen) atoms. The highest BCUT2D eigenvalue weighted by molar-refractivity contribution is 7.89. The van der Waals surface area contributed by atoms with Gasteiger partial charge in [0.1, 0.15) is 12.4 Å². The fraction of sp³-hybridized carbons (Fsp3) is 0.353. The average Bonchev–Trinajstić information content (AvgIpc) is 3.10. The molecule has 0 unspecified atom stereocenters.